The van der Waals surface area contributed by atoms with Crippen LogP contribution in [0.1, 0.15) is 17.2 Å². The zero-order valence-electron chi connectivity index (χ0n) is 9.54. The highest BCUT2D eigenvalue weighted by Gasteiger charge is 2.11. The maximum Gasteiger partial charge on any atom is 0.126 e. The third-order valence-electron chi connectivity index (χ3n) is 2.72. The fourth-order valence-electron chi connectivity index (χ4n) is 1.79. The molecule has 1 atom stereocenters. The molecule has 0 aliphatic heterocycles. The van der Waals surface area contributed by atoms with E-state index in [4.69, 9.17) is 28.9 Å². The van der Waals surface area contributed by atoms with Crippen molar-refractivity contribution < 1.29 is 4.39 Å². The molecule has 0 radical (unpaired) electrons. The molecule has 0 heterocycles. The van der Waals surface area contributed by atoms with Gasteiger partial charge in [-0.05, 0) is 47.9 Å². The summed E-state index contributed by atoms with van der Waals surface area (Å²) in [7, 11) is 0. The van der Waals surface area contributed by atoms with Crippen LogP contribution in [0, 0.1) is 5.82 Å². The molecule has 2 aromatic rings. The van der Waals surface area contributed by atoms with Gasteiger partial charge in [-0.1, -0.05) is 35.3 Å². The Hall–Kier alpha value is -1.09. The minimum Gasteiger partial charge on any atom is -0.324 e. The van der Waals surface area contributed by atoms with Gasteiger partial charge in [0.2, 0.25) is 0 Å². The van der Waals surface area contributed by atoms with Crippen molar-refractivity contribution in [1.82, 2.24) is 0 Å². The predicted octanol–water partition coefficient (Wildman–Crippen LogP) is 4.38. The highest BCUT2D eigenvalue weighted by molar-refractivity contribution is 6.30. The van der Waals surface area contributed by atoms with Crippen molar-refractivity contribution in [2.75, 3.05) is 0 Å². The molecule has 0 saturated heterocycles. The maximum atomic E-state index is 13.6. The monoisotopic (exact) mass is 283 g/mol. The topological polar surface area (TPSA) is 26.0 Å². The third-order valence-corrected chi connectivity index (χ3v) is 3.19. The van der Waals surface area contributed by atoms with Gasteiger partial charge in [-0.3, -0.25) is 0 Å². The van der Waals surface area contributed by atoms with Crippen molar-refractivity contribution >= 4 is 23.2 Å². The molecule has 0 saturated carbocycles. The highest BCUT2D eigenvalue weighted by atomic mass is 35.5. The first-order valence-electron chi connectivity index (χ1n) is 5.51. The minimum absolute atomic E-state index is 0.295. The quantitative estimate of drug-likeness (QED) is 0.889. The van der Waals surface area contributed by atoms with E-state index in [0.29, 0.717) is 22.0 Å². The van der Waals surface area contributed by atoms with Crippen LogP contribution in [0.3, 0.4) is 0 Å². The summed E-state index contributed by atoms with van der Waals surface area (Å²) in [6.07, 6.45) is 0.382. The van der Waals surface area contributed by atoms with E-state index in [-0.39, 0.29) is 11.9 Å². The minimum atomic E-state index is -0.309. The summed E-state index contributed by atoms with van der Waals surface area (Å²) in [6, 6.07) is 11.4. The SMILES string of the molecule is NC(Cc1cc(Cl)ccc1F)c1cccc(Cl)c1. The third kappa shape index (κ3) is 3.22. The highest BCUT2D eigenvalue weighted by Crippen LogP contribution is 2.22. The second-order valence-corrected chi connectivity index (χ2v) is 4.97. The Kier molecular flexibility index (Phi) is 4.23. The van der Waals surface area contributed by atoms with Gasteiger partial charge in [-0.2, -0.15) is 0 Å². The number of hydrogen-bond donors (Lipinski definition) is 1. The average Bonchev–Trinajstić information content (AvgIpc) is 2.34. The summed E-state index contributed by atoms with van der Waals surface area (Å²) in [6.45, 7) is 0. The smallest absolute Gasteiger partial charge is 0.126 e. The molecule has 0 spiro atoms. The first kappa shape index (κ1) is 13.3. The molecule has 0 fully saturated rings. The fourth-order valence-corrected chi connectivity index (χ4v) is 2.19. The van der Waals surface area contributed by atoms with Gasteiger partial charge in [-0.25, -0.2) is 4.39 Å². The molecule has 18 heavy (non-hydrogen) atoms. The van der Waals surface area contributed by atoms with E-state index in [1.807, 2.05) is 12.1 Å². The summed E-state index contributed by atoms with van der Waals surface area (Å²) in [4.78, 5) is 0. The lowest BCUT2D eigenvalue weighted by Gasteiger charge is -2.13. The van der Waals surface area contributed by atoms with Gasteiger partial charge < -0.3 is 5.73 Å². The molecule has 0 aliphatic carbocycles. The molecular weight excluding hydrogens is 272 g/mol. The van der Waals surface area contributed by atoms with Gasteiger partial charge in [0.05, 0.1) is 0 Å². The molecule has 0 bridgehead atoms. The number of halogens is 3. The van der Waals surface area contributed by atoms with Crippen LogP contribution in [0.5, 0.6) is 0 Å². The van der Waals surface area contributed by atoms with Gasteiger partial charge in [-0.15, -0.1) is 0 Å². The lowest BCUT2D eigenvalue weighted by molar-refractivity contribution is 0.593. The Bertz CT molecular complexity index is 557. The second kappa shape index (κ2) is 5.70. The molecule has 1 unspecified atom stereocenters. The molecule has 4 heteroatoms. The van der Waals surface area contributed by atoms with Crippen LogP contribution in [-0.4, -0.2) is 0 Å². The van der Waals surface area contributed by atoms with Crippen molar-refractivity contribution in [3.8, 4) is 0 Å². The van der Waals surface area contributed by atoms with Crippen LogP contribution in [0.15, 0.2) is 42.5 Å². The molecule has 0 amide bonds. The van der Waals surface area contributed by atoms with Gasteiger partial charge in [0.1, 0.15) is 5.82 Å². The lowest BCUT2D eigenvalue weighted by Crippen LogP contribution is -2.14. The van der Waals surface area contributed by atoms with E-state index in [1.54, 1.807) is 18.2 Å². The Morgan fingerprint density at radius 1 is 1.06 bits per heavy atom. The Labute approximate surface area is 115 Å². The molecule has 2 aromatic carbocycles. The largest absolute Gasteiger partial charge is 0.324 e. The van der Waals surface area contributed by atoms with Crippen molar-refractivity contribution in [3.63, 3.8) is 0 Å². The second-order valence-electron chi connectivity index (χ2n) is 4.10. The zero-order valence-corrected chi connectivity index (χ0v) is 11.0. The first-order valence-corrected chi connectivity index (χ1v) is 6.27. The summed E-state index contributed by atoms with van der Waals surface area (Å²) >= 11 is 11.7. The first-order chi connectivity index (χ1) is 8.56. The summed E-state index contributed by atoms with van der Waals surface area (Å²) in [5.74, 6) is -0.295. The Morgan fingerprint density at radius 3 is 2.50 bits per heavy atom. The normalized spacial score (nSPS) is 12.4. The number of hydrogen-bond acceptors (Lipinski definition) is 1. The number of nitrogens with two attached hydrogens (primary N) is 1. The van der Waals surface area contributed by atoms with Crippen molar-refractivity contribution in [2.45, 2.75) is 12.5 Å². The Morgan fingerprint density at radius 2 is 1.78 bits per heavy atom. The van der Waals surface area contributed by atoms with E-state index >= 15 is 0 Å². The van der Waals surface area contributed by atoms with E-state index < -0.39 is 0 Å². The van der Waals surface area contributed by atoms with Gasteiger partial charge in [0.15, 0.2) is 0 Å². The predicted molar refractivity (Wildman–Crippen MR) is 73.5 cm³/mol. The fraction of sp³-hybridized carbons (Fsp3) is 0.143. The van der Waals surface area contributed by atoms with Crippen LogP contribution in [0.4, 0.5) is 4.39 Å². The van der Waals surface area contributed by atoms with Crippen LogP contribution >= 0.6 is 23.2 Å². The van der Waals surface area contributed by atoms with Gasteiger partial charge in [0, 0.05) is 16.1 Å². The van der Waals surface area contributed by atoms with Gasteiger partial charge in [0.25, 0.3) is 0 Å². The molecule has 2 rings (SSSR count). The molecule has 1 nitrogen and oxygen atoms in total. The number of rotatable bonds is 3. The van der Waals surface area contributed by atoms with E-state index in [2.05, 4.69) is 0 Å². The lowest BCUT2D eigenvalue weighted by atomic mass is 9.99. The van der Waals surface area contributed by atoms with E-state index in [9.17, 15) is 4.39 Å². The van der Waals surface area contributed by atoms with Crippen molar-refractivity contribution in [1.29, 1.82) is 0 Å². The standard InChI is InChI=1S/C14H12Cl2FN/c15-11-3-1-2-9(6-11)14(18)8-10-7-12(16)4-5-13(10)17/h1-7,14H,8,18H2. The van der Waals surface area contributed by atoms with Crippen LogP contribution in [-0.2, 0) is 6.42 Å². The van der Waals surface area contributed by atoms with E-state index in [0.717, 1.165) is 5.56 Å². The maximum absolute atomic E-state index is 13.6. The summed E-state index contributed by atoms with van der Waals surface area (Å²) in [5.41, 5.74) is 7.43. The van der Waals surface area contributed by atoms with Crippen molar-refractivity contribution in [3.05, 3.63) is 69.5 Å². The summed E-state index contributed by atoms with van der Waals surface area (Å²) in [5, 5.41) is 1.12. The molecule has 0 aliphatic rings. The van der Waals surface area contributed by atoms with Gasteiger partial charge >= 0.3 is 0 Å². The van der Waals surface area contributed by atoms with Crippen LogP contribution in [0.2, 0.25) is 10.0 Å². The average molecular weight is 284 g/mol. The van der Waals surface area contributed by atoms with Crippen LogP contribution in [0.25, 0.3) is 0 Å². The molecule has 0 aromatic heterocycles. The molecule has 2 N–H and O–H groups in total. The van der Waals surface area contributed by atoms with Crippen molar-refractivity contribution in [2.24, 2.45) is 5.73 Å². The van der Waals surface area contributed by atoms with Crippen LogP contribution < -0.4 is 5.73 Å². The number of benzene rings is 2. The Balaban J connectivity index is 2.21. The molecule has 94 valence electrons. The summed E-state index contributed by atoms with van der Waals surface area (Å²) < 4.78 is 13.6. The zero-order chi connectivity index (χ0) is 13.1. The van der Waals surface area contributed by atoms with E-state index in [1.165, 1.54) is 12.1 Å². The molecular formula is C14H12Cl2FN.